The van der Waals surface area contributed by atoms with Crippen LogP contribution in [0, 0.1) is 18.4 Å². The number of amides is 1. The summed E-state index contributed by atoms with van der Waals surface area (Å²) in [6, 6.07) is 30.2. The lowest BCUT2D eigenvalue weighted by Gasteiger charge is -2.24. The van der Waals surface area contributed by atoms with Gasteiger partial charge in [-0.25, -0.2) is 4.21 Å². The summed E-state index contributed by atoms with van der Waals surface area (Å²) >= 11 is 6.35. The Balaban J connectivity index is 1.65. The maximum absolute atomic E-state index is 13.5. The van der Waals surface area contributed by atoms with Crippen LogP contribution in [-0.2, 0) is 22.8 Å². The van der Waals surface area contributed by atoms with Gasteiger partial charge in [0.25, 0.3) is 5.91 Å². The Kier molecular flexibility index (Phi) is 8.08. The number of hydrogen-bond acceptors (Lipinski definition) is 4. The van der Waals surface area contributed by atoms with Gasteiger partial charge in [-0.15, -0.1) is 4.36 Å². The van der Waals surface area contributed by atoms with Crippen molar-refractivity contribution in [2.24, 2.45) is 4.36 Å². The second-order valence-electron chi connectivity index (χ2n) is 8.81. The molecule has 0 N–H and O–H groups in total. The molecule has 4 aromatic carbocycles. The summed E-state index contributed by atoms with van der Waals surface area (Å²) in [5, 5.41) is 9.39. The van der Waals surface area contributed by atoms with E-state index in [2.05, 4.69) is 4.36 Å². The Bertz CT molecular complexity index is 1580. The number of hydrogen-bond donors (Lipinski definition) is 0. The first-order valence-electron chi connectivity index (χ1n) is 11.7. The van der Waals surface area contributed by atoms with Gasteiger partial charge in [0.05, 0.1) is 25.2 Å². The van der Waals surface area contributed by atoms with Gasteiger partial charge in [-0.05, 0) is 47.4 Å². The van der Waals surface area contributed by atoms with Gasteiger partial charge in [-0.1, -0.05) is 96.0 Å². The molecule has 186 valence electrons. The number of nitriles is 1. The van der Waals surface area contributed by atoms with Gasteiger partial charge in [-0.2, -0.15) is 5.26 Å². The highest BCUT2D eigenvalue weighted by atomic mass is 35.5. The maximum atomic E-state index is 13.5. The van der Waals surface area contributed by atoms with Crippen molar-refractivity contribution in [2.45, 2.75) is 24.9 Å². The molecule has 1 unspecified atom stereocenters. The van der Waals surface area contributed by atoms with Crippen molar-refractivity contribution in [3.8, 4) is 17.3 Å². The smallest absolute Gasteiger partial charge is 0.255 e. The van der Waals surface area contributed by atoms with Crippen LogP contribution in [0.2, 0.25) is 5.02 Å². The number of halogens is 1. The van der Waals surface area contributed by atoms with Gasteiger partial charge >= 0.3 is 0 Å². The monoisotopic (exact) mass is 527 g/mol. The zero-order valence-corrected chi connectivity index (χ0v) is 22.2. The minimum atomic E-state index is -2.85. The number of rotatable bonds is 7. The van der Waals surface area contributed by atoms with E-state index in [1.54, 1.807) is 47.5 Å². The minimum absolute atomic E-state index is 0.149. The number of aryl methyl sites for hydroxylation is 1. The standard InChI is InChI=1S/C30H26ClN3O2S/c1-22-11-13-23(14-12-22)19-34(30(35)27-8-3-5-9-28(27)31)20-24-15-17-25(18-16-24)26-7-4-6-10-29(26)37(2,36)33-21-32/h3-18H,19-20H2,1-2H3. The third kappa shape index (κ3) is 6.26. The van der Waals surface area contributed by atoms with E-state index in [1.165, 1.54) is 6.26 Å². The molecule has 5 nitrogen and oxygen atoms in total. The summed E-state index contributed by atoms with van der Waals surface area (Å²) in [7, 11) is -2.85. The van der Waals surface area contributed by atoms with Crippen molar-refractivity contribution >= 4 is 27.2 Å². The van der Waals surface area contributed by atoms with Crippen molar-refractivity contribution in [3.63, 3.8) is 0 Å². The molecule has 4 aromatic rings. The second-order valence-corrected chi connectivity index (χ2v) is 11.4. The van der Waals surface area contributed by atoms with Crippen LogP contribution in [0.1, 0.15) is 27.0 Å². The third-order valence-corrected chi connectivity index (χ3v) is 7.97. The normalized spacial score (nSPS) is 12.3. The first-order chi connectivity index (χ1) is 17.8. The Hall–Kier alpha value is -3.92. The van der Waals surface area contributed by atoms with Gasteiger partial charge in [0.2, 0.25) is 6.19 Å². The molecular formula is C30H26ClN3O2S. The molecule has 0 aliphatic carbocycles. The summed E-state index contributed by atoms with van der Waals surface area (Å²) in [5.41, 5.74) is 5.18. The zero-order valence-electron chi connectivity index (χ0n) is 20.6. The van der Waals surface area contributed by atoms with Crippen LogP contribution in [-0.4, -0.2) is 21.3 Å². The van der Waals surface area contributed by atoms with Crippen LogP contribution < -0.4 is 0 Å². The molecule has 0 spiro atoms. The van der Waals surface area contributed by atoms with E-state index in [-0.39, 0.29) is 5.91 Å². The largest absolute Gasteiger partial charge is 0.330 e. The summed E-state index contributed by atoms with van der Waals surface area (Å²) < 4.78 is 16.6. The van der Waals surface area contributed by atoms with Gasteiger partial charge in [-0.3, -0.25) is 4.79 Å². The van der Waals surface area contributed by atoms with Gasteiger partial charge in [0.1, 0.15) is 0 Å². The Morgan fingerprint density at radius 3 is 2.08 bits per heavy atom. The van der Waals surface area contributed by atoms with E-state index in [0.29, 0.717) is 28.6 Å². The summed E-state index contributed by atoms with van der Waals surface area (Å²) in [4.78, 5) is 15.8. The van der Waals surface area contributed by atoms with Crippen molar-refractivity contribution in [1.82, 2.24) is 4.90 Å². The molecule has 0 heterocycles. The van der Waals surface area contributed by atoms with E-state index in [1.807, 2.05) is 67.6 Å². The summed E-state index contributed by atoms with van der Waals surface area (Å²) in [6.07, 6.45) is 3.13. The topological polar surface area (TPSA) is 73.5 Å². The SMILES string of the molecule is Cc1ccc(CN(Cc2ccc(-c3ccccc3S(C)(=O)=NC#N)cc2)C(=O)c2ccccc2Cl)cc1. The fraction of sp³-hybridized carbons (Fsp3) is 0.133. The molecule has 1 amide bonds. The van der Waals surface area contributed by atoms with E-state index in [9.17, 15) is 9.00 Å². The molecule has 4 rings (SSSR count). The summed E-state index contributed by atoms with van der Waals surface area (Å²) in [6.45, 7) is 2.85. The first-order valence-corrected chi connectivity index (χ1v) is 14.0. The van der Waals surface area contributed by atoms with E-state index in [4.69, 9.17) is 16.9 Å². The molecule has 0 bridgehead atoms. The van der Waals surface area contributed by atoms with Gasteiger partial charge < -0.3 is 4.90 Å². The highest BCUT2D eigenvalue weighted by molar-refractivity contribution is 7.93. The van der Waals surface area contributed by atoms with Crippen LogP contribution in [0.4, 0.5) is 0 Å². The van der Waals surface area contributed by atoms with Crippen LogP contribution in [0.25, 0.3) is 11.1 Å². The molecule has 7 heteroatoms. The lowest BCUT2D eigenvalue weighted by Crippen LogP contribution is -2.30. The van der Waals surface area contributed by atoms with E-state index >= 15 is 0 Å². The number of carbonyl (C=O) groups is 1. The molecule has 37 heavy (non-hydrogen) atoms. The molecule has 1 atom stereocenters. The van der Waals surface area contributed by atoms with Gasteiger partial charge in [0, 0.05) is 19.3 Å². The Labute approximate surface area is 223 Å². The Morgan fingerprint density at radius 2 is 1.46 bits per heavy atom. The lowest BCUT2D eigenvalue weighted by molar-refractivity contribution is 0.0730. The zero-order chi connectivity index (χ0) is 26.4. The molecule has 0 fully saturated rings. The Morgan fingerprint density at radius 1 is 0.892 bits per heavy atom. The molecule has 0 aliphatic heterocycles. The van der Waals surface area contributed by atoms with Gasteiger partial charge in [0.15, 0.2) is 0 Å². The number of carbonyl (C=O) groups excluding carboxylic acids is 1. The highest BCUT2D eigenvalue weighted by Gasteiger charge is 2.20. The van der Waals surface area contributed by atoms with E-state index < -0.39 is 9.73 Å². The van der Waals surface area contributed by atoms with Crippen molar-refractivity contribution < 1.29 is 9.00 Å². The average molecular weight is 528 g/mol. The maximum Gasteiger partial charge on any atom is 0.255 e. The van der Waals surface area contributed by atoms with Crippen molar-refractivity contribution in [1.29, 1.82) is 5.26 Å². The number of nitrogens with zero attached hydrogens (tertiary/aromatic N) is 3. The number of benzene rings is 4. The lowest BCUT2D eigenvalue weighted by atomic mass is 10.0. The summed E-state index contributed by atoms with van der Waals surface area (Å²) in [5.74, 6) is -0.149. The minimum Gasteiger partial charge on any atom is -0.330 e. The third-order valence-electron chi connectivity index (χ3n) is 6.03. The quantitative estimate of drug-likeness (QED) is 0.241. The molecular weight excluding hydrogens is 502 g/mol. The van der Waals surface area contributed by atoms with Crippen LogP contribution in [0.15, 0.2) is 106 Å². The fourth-order valence-electron chi connectivity index (χ4n) is 4.09. The molecule has 0 saturated carbocycles. The predicted octanol–water partition coefficient (Wildman–Crippen LogP) is 7.10. The van der Waals surface area contributed by atoms with Crippen molar-refractivity contribution in [2.75, 3.05) is 6.26 Å². The second kappa shape index (κ2) is 11.4. The predicted molar refractivity (Wildman–Crippen MR) is 148 cm³/mol. The first kappa shape index (κ1) is 26.2. The van der Waals surface area contributed by atoms with Crippen LogP contribution in [0.3, 0.4) is 0 Å². The molecule has 0 aliphatic rings. The van der Waals surface area contributed by atoms with Crippen molar-refractivity contribution in [3.05, 3.63) is 124 Å². The van der Waals surface area contributed by atoms with Crippen LogP contribution >= 0.6 is 11.6 Å². The van der Waals surface area contributed by atoms with E-state index in [0.717, 1.165) is 27.8 Å². The van der Waals surface area contributed by atoms with Crippen LogP contribution in [0.5, 0.6) is 0 Å². The molecule has 0 aromatic heterocycles. The highest BCUT2D eigenvalue weighted by Crippen LogP contribution is 2.29. The molecule has 0 saturated heterocycles. The fourth-order valence-corrected chi connectivity index (χ4v) is 5.49. The molecule has 0 radical (unpaired) electrons. The average Bonchev–Trinajstić information content (AvgIpc) is 2.90.